The highest BCUT2D eigenvalue weighted by Gasteiger charge is 2.89. The molecule has 0 radical (unpaired) electrons. The third-order valence-corrected chi connectivity index (χ3v) is 6.26. The molecule has 4 rings (SSSR count). The summed E-state index contributed by atoms with van der Waals surface area (Å²) in [4.78, 5) is 37.4. The molecule has 2 aliphatic carbocycles. The summed E-state index contributed by atoms with van der Waals surface area (Å²) in [6, 6.07) is 9.08. The van der Waals surface area contributed by atoms with E-state index in [2.05, 4.69) is 5.32 Å². The van der Waals surface area contributed by atoms with Crippen LogP contribution in [-0.4, -0.2) is 41.3 Å². The van der Waals surface area contributed by atoms with E-state index in [-0.39, 0.29) is 19.4 Å². The minimum atomic E-state index is -1.88. The SMILES string of the molecule is CCOC(=O)[C@]12C[C@@H](OC(C)=O)[C@@H]3C[C@@]1(O)C(=O)N[C@@]32c1ccccc1. The number of carbonyl (C=O) groups is 3. The van der Waals surface area contributed by atoms with E-state index in [9.17, 15) is 19.5 Å². The Kier molecular flexibility index (Phi) is 3.47. The fourth-order valence-corrected chi connectivity index (χ4v) is 5.48. The van der Waals surface area contributed by atoms with Crippen molar-refractivity contribution < 1.29 is 29.0 Å². The predicted octanol–water partition coefficient (Wildman–Crippen LogP) is 0.648. The zero-order valence-electron chi connectivity index (χ0n) is 14.7. The lowest BCUT2D eigenvalue weighted by Gasteiger charge is -2.38. The maximum absolute atomic E-state index is 13.1. The minimum absolute atomic E-state index is 0.0419. The normalized spacial score (nSPS) is 39.6. The summed E-state index contributed by atoms with van der Waals surface area (Å²) >= 11 is 0. The third-order valence-electron chi connectivity index (χ3n) is 6.26. The first kappa shape index (κ1) is 17.0. The molecule has 1 aromatic carbocycles. The summed E-state index contributed by atoms with van der Waals surface area (Å²) in [5.74, 6) is -2.09. The van der Waals surface area contributed by atoms with Gasteiger partial charge in [0, 0.05) is 19.3 Å². The summed E-state index contributed by atoms with van der Waals surface area (Å²) in [6.45, 7) is 3.11. The van der Waals surface area contributed by atoms with Gasteiger partial charge >= 0.3 is 11.9 Å². The van der Waals surface area contributed by atoms with Crippen LogP contribution in [0, 0.1) is 11.3 Å². The Balaban J connectivity index is 1.95. The van der Waals surface area contributed by atoms with Gasteiger partial charge < -0.3 is 19.9 Å². The molecular weight excluding hydrogens is 338 g/mol. The van der Waals surface area contributed by atoms with E-state index in [1.54, 1.807) is 6.92 Å². The van der Waals surface area contributed by atoms with Gasteiger partial charge in [-0.2, -0.15) is 0 Å². The van der Waals surface area contributed by atoms with Gasteiger partial charge in [-0.05, 0) is 18.9 Å². The van der Waals surface area contributed by atoms with E-state index in [0.717, 1.165) is 0 Å². The van der Waals surface area contributed by atoms with Crippen LogP contribution in [0.15, 0.2) is 30.3 Å². The number of ether oxygens (including phenoxy) is 2. The Morgan fingerprint density at radius 2 is 1.96 bits per heavy atom. The highest BCUT2D eigenvalue weighted by molar-refractivity contribution is 6.02. The van der Waals surface area contributed by atoms with E-state index in [1.807, 2.05) is 30.3 Å². The summed E-state index contributed by atoms with van der Waals surface area (Å²) in [5.41, 5.74) is -3.86. The van der Waals surface area contributed by atoms with Crippen LogP contribution in [0.2, 0.25) is 0 Å². The van der Waals surface area contributed by atoms with E-state index in [0.29, 0.717) is 5.56 Å². The zero-order valence-corrected chi connectivity index (χ0v) is 14.7. The molecule has 2 N–H and O–H groups in total. The number of piperidine rings is 1. The highest BCUT2D eigenvalue weighted by Crippen LogP contribution is 2.73. The first-order valence-electron chi connectivity index (χ1n) is 8.78. The van der Waals surface area contributed by atoms with Crippen molar-refractivity contribution >= 4 is 17.8 Å². The fourth-order valence-electron chi connectivity index (χ4n) is 5.48. The molecule has 0 spiro atoms. The Bertz CT molecular complexity index is 794. The van der Waals surface area contributed by atoms with Crippen molar-refractivity contribution in [2.45, 2.75) is 43.9 Å². The van der Waals surface area contributed by atoms with Gasteiger partial charge in [0.1, 0.15) is 11.5 Å². The number of carbonyl (C=O) groups excluding carboxylic acids is 3. The average Bonchev–Trinajstić information content (AvgIpc) is 3.07. The van der Waals surface area contributed by atoms with Crippen LogP contribution in [-0.2, 0) is 29.4 Å². The lowest BCUT2D eigenvalue weighted by Crippen LogP contribution is -2.56. The van der Waals surface area contributed by atoms with Crippen molar-refractivity contribution in [2.24, 2.45) is 11.3 Å². The molecule has 7 nitrogen and oxygen atoms in total. The number of benzene rings is 1. The Morgan fingerprint density at radius 3 is 2.58 bits per heavy atom. The van der Waals surface area contributed by atoms with E-state index >= 15 is 0 Å². The molecule has 0 aromatic heterocycles. The van der Waals surface area contributed by atoms with Gasteiger partial charge in [0.15, 0.2) is 5.60 Å². The van der Waals surface area contributed by atoms with E-state index < -0.39 is 46.4 Å². The topological polar surface area (TPSA) is 102 Å². The lowest BCUT2D eigenvalue weighted by molar-refractivity contribution is -0.181. The molecule has 4 bridgehead atoms. The first-order valence-corrected chi connectivity index (χ1v) is 8.78. The van der Waals surface area contributed by atoms with E-state index in [1.165, 1.54) is 6.92 Å². The number of aliphatic hydroxyl groups is 1. The average molecular weight is 359 g/mol. The van der Waals surface area contributed by atoms with Crippen molar-refractivity contribution in [3.05, 3.63) is 35.9 Å². The first-order chi connectivity index (χ1) is 12.3. The molecule has 1 saturated heterocycles. The second kappa shape index (κ2) is 5.30. The Labute approximate surface area is 150 Å². The van der Waals surface area contributed by atoms with Crippen molar-refractivity contribution in [2.75, 3.05) is 6.61 Å². The lowest BCUT2D eigenvalue weighted by atomic mass is 9.66. The number of esters is 2. The highest BCUT2D eigenvalue weighted by atomic mass is 16.6. The maximum atomic E-state index is 13.1. The van der Waals surface area contributed by atoms with Gasteiger partial charge in [0.05, 0.1) is 12.1 Å². The third kappa shape index (κ3) is 1.69. The Hall–Kier alpha value is -2.41. The monoisotopic (exact) mass is 359 g/mol. The molecule has 7 heteroatoms. The van der Waals surface area contributed by atoms with Gasteiger partial charge in [-0.25, -0.2) is 0 Å². The van der Waals surface area contributed by atoms with Crippen LogP contribution in [0.25, 0.3) is 0 Å². The van der Waals surface area contributed by atoms with Gasteiger partial charge in [-0.1, -0.05) is 30.3 Å². The molecule has 5 atom stereocenters. The smallest absolute Gasteiger partial charge is 0.318 e. The quantitative estimate of drug-likeness (QED) is 0.766. The molecule has 0 unspecified atom stereocenters. The maximum Gasteiger partial charge on any atom is 0.318 e. The molecule has 26 heavy (non-hydrogen) atoms. The molecular formula is C19H21NO6. The number of hydrogen-bond donors (Lipinski definition) is 2. The second-order valence-corrected chi connectivity index (χ2v) is 7.28. The van der Waals surface area contributed by atoms with Crippen LogP contribution in [0.5, 0.6) is 0 Å². The standard InChI is InChI=1S/C19H21NO6/c1-3-25-16(23)17-10-14(26-11(2)21)13-9-18(17,24)15(22)20-19(13,17)12-7-5-4-6-8-12/h4-8,13-14,24H,3,9-10H2,1-2H3,(H,20,22)/t13-,14+,17+,18+,19-/m0/s1. The van der Waals surface area contributed by atoms with E-state index in [4.69, 9.17) is 9.47 Å². The van der Waals surface area contributed by atoms with Gasteiger partial charge in [-0.15, -0.1) is 0 Å². The summed E-state index contributed by atoms with van der Waals surface area (Å²) in [6.07, 6.45) is -0.497. The number of rotatable bonds is 4. The zero-order chi connectivity index (χ0) is 18.7. The molecule has 1 amide bonds. The molecule has 2 saturated carbocycles. The van der Waals surface area contributed by atoms with Crippen LogP contribution in [0.3, 0.4) is 0 Å². The van der Waals surface area contributed by atoms with Gasteiger partial charge in [-0.3, -0.25) is 14.4 Å². The largest absolute Gasteiger partial charge is 0.465 e. The van der Waals surface area contributed by atoms with Crippen LogP contribution in [0.1, 0.15) is 32.3 Å². The molecule has 3 aliphatic rings. The summed E-state index contributed by atoms with van der Waals surface area (Å²) < 4.78 is 10.8. The Morgan fingerprint density at radius 1 is 1.27 bits per heavy atom. The molecule has 138 valence electrons. The van der Waals surface area contributed by atoms with Crippen LogP contribution >= 0.6 is 0 Å². The van der Waals surface area contributed by atoms with Crippen molar-refractivity contribution in [3.8, 4) is 0 Å². The van der Waals surface area contributed by atoms with Crippen LogP contribution < -0.4 is 5.32 Å². The molecule has 3 fully saturated rings. The van der Waals surface area contributed by atoms with Crippen LogP contribution in [0.4, 0.5) is 0 Å². The molecule has 1 aliphatic heterocycles. The molecule has 1 aromatic rings. The number of hydrogen-bond acceptors (Lipinski definition) is 6. The predicted molar refractivity (Wildman–Crippen MR) is 88.6 cm³/mol. The molecule has 1 heterocycles. The van der Waals surface area contributed by atoms with Gasteiger partial charge in [0.2, 0.25) is 0 Å². The van der Waals surface area contributed by atoms with Gasteiger partial charge in [0.25, 0.3) is 5.91 Å². The number of amides is 1. The fraction of sp³-hybridized carbons (Fsp3) is 0.526. The second-order valence-electron chi connectivity index (χ2n) is 7.28. The minimum Gasteiger partial charge on any atom is -0.465 e. The number of nitrogens with one attached hydrogen (secondary N) is 1. The summed E-state index contributed by atoms with van der Waals surface area (Å²) in [5, 5.41) is 14.2. The van der Waals surface area contributed by atoms with Crippen molar-refractivity contribution in [1.82, 2.24) is 5.32 Å². The summed E-state index contributed by atoms with van der Waals surface area (Å²) in [7, 11) is 0. The van der Waals surface area contributed by atoms with Crippen molar-refractivity contribution in [3.63, 3.8) is 0 Å². The van der Waals surface area contributed by atoms with Crippen molar-refractivity contribution in [1.29, 1.82) is 0 Å².